The summed E-state index contributed by atoms with van der Waals surface area (Å²) < 4.78 is 27.1. The van der Waals surface area contributed by atoms with Gasteiger partial charge in [0.1, 0.15) is 12.2 Å². The molecule has 4 nitrogen and oxygen atoms in total. The van der Waals surface area contributed by atoms with Crippen molar-refractivity contribution in [2.45, 2.75) is 19.9 Å². The molecule has 0 N–H and O–H groups in total. The van der Waals surface area contributed by atoms with Crippen LogP contribution in [-0.2, 0) is 6.54 Å². The minimum absolute atomic E-state index is 0.143. The van der Waals surface area contributed by atoms with E-state index in [0.29, 0.717) is 6.42 Å². The minimum Gasteiger partial charge on any atom is -0.268 e. The van der Waals surface area contributed by atoms with Gasteiger partial charge in [0.15, 0.2) is 5.82 Å². The van der Waals surface area contributed by atoms with Crippen LogP contribution < -0.4 is 5.56 Å². The predicted octanol–water partition coefficient (Wildman–Crippen LogP) is 2.00. The van der Waals surface area contributed by atoms with Gasteiger partial charge in [-0.05, 0) is 18.2 Å². The molecule has 2 heterocycles. The SMILES string of the molecule is CCC#CCn1nc(-c2ccc(F)c(F)n2)ccc1=O. The first-order valence-electron chi connectivity index (χ1n) is 5.98. The number of hydrogen-bond acceptors (Lipinski definition) is 3. The van der Waals surface area contributed by atoms with Gasteiger partial charge in [-0.3, -0.25) is 4.79 Å². The van der Waals surface area contributed by atoms with Gasteiger partial charge in [-0.2, -0.15) is 9.49 Å². The van der Waals surface area contributed by atoms with Gasteiger partial charge in [-0.25, -0.2) is 14.1 Å². The topological polar surface area (TPSA) is 47.8 Å². The highest BCUT2D eigenvalue weighted by Gasteiger charge is 2.08. The lowest BCUT2D eigenvalue weighted by Gasteiger charge is -2.04. The third-order valence-electron chi connectivity index (χ3n) is 2.46. The van der Waals surface area contributed by atoms with E-state index in [4.69, 9.17) is 0 Å². The highest BCUT2D eigenvalue weighted by atomic mass is 19.2. The molecule has 0 unspecified atom stereocenters. The molecule has 0 aromatic carbocycles. The van der Waals surface area contributed by atoms with Crippen molar-refractivity contribution >= 4 is 0 Å². The molecule has 102 valence electrons. The molecule has 0 aliphatic heterocycles. The average Bonchev–Trinajstić information content (AvgIpc) is 2.44. The molecular weight excluding hydrogens is 264 g/mol. The summed E-state index contributed by atoms with van der Waals surface area (Å²) in [6, 6.07) is 4.96. The van der Waals surface area contributed by atoms with E-state index in [1.165, 1.54) is 18.2 Å². The van der Waals surface area contributed by atoms with Crippen LogP contribution in [-0.4, -0.2) is 14.8 Å². The fourth-order valence-corrected chi connectivity index (χ4v) is 1.51. The largest absolute Gasteiger partial charge is 0.268 e. The van der Waals surface area contributed by atoms with E-state index in [0.717, 1.165) is 10.7 Å². The zero-order valence-electron chi connectivity index (χ0n) is 10.7. The first kappa shape index (κ1) is 13.9. The van der Waals surface area contributed by atoms with Crippen molar-refractivity contribution in [2.75, 3.05) is 0 Å². The lowest BCUT2D eigenvalue weighted by atomic mass is 10.2. The normalized spacial score (nSPS) is 9.95. The number of halogens is 2. The first-order chi connectivity index (χ1) is 9.61. The molecule has 0 amide bonds. The van der Waals surface area contributed by atoms with Crippen molar-refractivity contribution in [3.63, 3.8) is 0 Å². The van der Waals surface area contributed by atoms with E-state index in [1.54, 1.807) is 0 Å². The van der Waals surface area contributed by atoms with E-state index < -0.39 is 11.8 Å². The Balaban J connectivity index is 2.40. The molecule has 0 spiro atoms. The van der Waals surface area contributed by atoms with Gasteiger partial charge in [-0.1, -0.05) is 12.8 Å². The molecule has 0 saturated carbocycles. The fourth-order valence-electron chi connectivity index (χ4n) is 1.51. The Morgan fingerprint density at radius 2 is 1.90 bits per heavy atom. The summed E-state index contributed by atoms with van der Waals surface area (Å²) in [6.45, 7) is 2.04. The van der Waals surface area contributed by atoms with Crippen molar-refractivity contribution in [3.8, 4) is 23.2 Å². The van der Waals surface area contributed by atoms with Gasteiger partial charge in [-0.15, -0.1) is 5.92 Å². The summed E-state index contributed by atoms with van der Waals surface area (Å²) in [5.41, 5.74) is 0.115. The Hall–Kier alpha value is -2.55. The quantitative estimate of drug-likeness (QED) is 0.622. The van der Waals surface area contributed by atoms with Crippen LogP contribution in [0.15, 0.2) is 29.1 Å². The summed E-state index contributed by atoms with van der Waals surface area (Å²) in [6.07, 6.45) is 0.680. The molecule has 2 rings (SSSR count). The van der Waals surface area contributed by atoms with Crippen LogP contribution >= 0.6 is 0 Å². The Kier molecular flexibility index (Phi) is 4.20. The molecule has 2 aromatic rings. The van der Waals surface area contributed by atoms with Crippen LogP contribution in [0.4, 0.5) is 8.78 Å². The van der Waals surface area contributed by atoms with E-state index in [9.17, 15) is 13.6 Å². The molecule has 2 aromatic heterocycles. The Morgan fingerprint density at radius 1 is 1.15 bits per heavy atom. The summed E-state index contributed by atoms with van der Waals surface area (Å²) in [5, 5.41) is 4.04. The highest BCUT2D eigenvalue weighted by molar-refractivity contribution is 5.52. The van der Waals surface area contributed by atoms with Crippen LogP contribution in [0.25, 0.3) is 11.4 Å². The summed E-state index contributed by atoms with van der Waals surface area (Å²) in [7, 11) is 0. The summed E-state index contributed by atoms with van der Waals surface area (Å²) in [4.78, 5) is 15.1. The molecule has 0 aliphatic rings. The fraction of sp³-hybridized carbons (Fsp3) is 0.214. The Bertz CT molecular complexity index is 744. The van der Waals surface area contributed by atoms with Gasteiger partial charge in [0.25, 0.3) is 5.56 Å². The second kappa shape index (κ2) is 6.06. The first-order valence-corrected chi connectivity index (χ1v) is 5.98. The molecule has 0 bridgehead atoms. The summed E-state index contributed by atoms with van der Waals surface area (Å²) in [5.74, 6) is 3.38. The van der Waals surface area contributed by atoms with Crippen molar-refractivity contribution in [1.82, 2.24) is 14.8 Å². The third-order valence-corrected chi connectivity index (χ3v) is 2.46. The number of nitrogens with zero attached hydrogens (tertiary/aromatic N) is 3. The van der Waals surface area contributed by atoms with Crippen LogP contribution in [0.5, 0.6) is 0 Å². The highest BCUT2D eigenvalue weighted by Crippen LogP contribution is 2.14. The lowest BCUT2D eigenvalue weighted by molar-refractivity contribution is 0.480. The maximum absolute atomic E-state index is 13.1. The zero-order valence-corrected chi connectivity index (χ0v) is 10.7. The van der Waals surface area contributed by atoms with E-state index >= 15 is 0 Å². The third kappa shape index (κ3) is 3.06. The maximum Gasteiger partial charge on any atom is 0.267 e. The molecule has 0 radical (unpaired) electrons. The molecular formula is C14H11F2N3O. The van der Waals surface area contributed by atoms with Gasteiger partial charge >= 0.3 is 0 Å². The van der Waals surface area contributed by atoms with Gasteiger partial charge in [0.05, 0.1) is 5.69 Å². The second-order valence-corrected chi connectivity index (χ2v) is 3.89. The zero-order chi connectivity index (χ0) is 14.5. The average molecular weight is 275 g/mol. The van der Waals surface area contributed by atoms with Gasteiger partial charge in [0.2, 0.25) is 5.95 Å². The molecule has 0 saturated heterocycles. The van der Waals surface area contributed by atoms with Crippen LogP contribution in [0.2, 0.25) is 0 Å². The van der Waals surface area contributed by atoms with Gasteiger partial charge in [0, 0.05) is 12.5 Å². The molecule has 0 fully saturated rings. The lowest BCUT2D eigenvalue weighted by Crippen LogP contribution is -2.21. The molecule has 20 heavy (non-hydrogen) atoms. The molecule has 0 atom stereocenters. The monoisotopic (exact) mass is 275 g/mol. The van der Waals surface area contributed by atoms with Crippen molar-refractivity contribution in [1.29, 1.82) is 0 Å². The smallest absolute Gasteiger partial charge is 0.267 e. The maximum atomic E-state index is 13.1. The molecule has 6 heteroatoms. The second-order valence-electron chi connectivity index (χ2n) is 3.89. The van der Waals surface area contributed by atoms with Crippen molar-refractivity contribution < 1.29 is 8.78 Å². The number of aromatic nitrogens is 3. The number of pyridine rings is 1. The Labute approximate surface area is 114 Å². The van der Waals surface area contributed by atoms with E-state index in [2.05, 4.69) is 21.9 Å². The van der Waals surface area contributed by atoms with Crippen LogP contribution in [0.1, 0.15) is 13.3 Å². The predicted molar refractivity (Wildman–Crippen MR) is 69.7 cm³/mol. The minimum atomic E-state index is -1.20. The van der Waals surface area contributed by atoms with E-state index in [1.807, 2.05) is 6.92 Å². The number of rotatable bonds is 2. The van der Waals surface area contributed by atoms with Crippen molar-refractivity contribution in [3.05, 3.63) is 46.4 Å². The van der Waals surface area contributed by atoms with Crippen LogP contribution in [0.3, 0.4) is 0 Å². The van der Waals surface area contributed by atoms with Crippen LogP contribution in [0, 0.1) is 23.6 Å². The van der Waals surface area contributed by atoms with Crippen molar-refractivity contribution in [2.24, 2.45) is 0 Å². The number of hydrogen-bond donors (Lipinski definition) is 0. The van der Waals surface area contributed by atoms with E-state index in [-0.39, 0.29) is 23.5 Å². The van der Waals surface area contributed by atoms with Gasteiger partial charge < -0.3 is 0 Å². The standard InChI is InChI=1S/C14H11F2N3O/c1-2-3-4-9-19-13(20)8-7-12(18-19)11-6-5-10(15)14(16)17-11/h5-8H,2,9H2,1H3. The summed E-state index contributed by atoms with van der Waals surface area (Å²) >= 11 is 0. The Morgan fingerprint density at radius 3 is 2.60 bits per heavy atom. The molecule has 0 aliphatic carbocycles.